The van der Waals surface area contributed by atoms with Crippen molar-refractivity contribution in [3.8, 4) is 5.75 Å². The van der Waals surface area contributed by atoms with Crippen molar-refractivity contribution in [1.82, 2.24) is 10.2 Å². The average molecular weight is 519 g/mol. The second kappa shape index (κ2) is 14.6. The number of aliphatic carboxylic acids is 2. The number of nitro benzene ring substituents is 1. The normalized spacial score (nSPS) is 18.0. The van der Waals surface area contributed by atoms with Crippen molar-refractivity contribution in [3.05, 3.63) is 52.1 Å². The number of ether oxygens (including phenoxy) is 1. The van der Waals surface area contributed by atoms with E-state index in [9.17, 15) is 24.5 Å². The summed E-state index contributed by atoms with van der Waals surface area (Å²) < 4.78 is 5.49. The molecule has 0 radical (unpaired) electrons. The number of nitrogen functional groups attached to an aromatic ring is 1. The Kier molecular flexibility index (Phi) is 11.6. The number of carbonyl (C=O) groups is 3. The van der Waals surface area contributed by atoms with Gasteiger partial charge in [-0.05, 0) is 44.9 Å². The third kappa shape index (κ3) is 9.92. The monoisotopic (exact) mass is 518 g/mol. The van der Waals surface area contributed by atoms with Gasteiger partial charge in [-0.25, -0.2) is 9.59 Å². The van der Waals surface area contributed by atoms with Gasteiger partial charge in [0.1, 0.15) is 11.4 Å². The highest BCUT2D eigenvalue weighted by Crippen LogP contribution is 2.31. The Balaban J connectivity index is 0.000000521. The maximum Gasteiger partial charge on any atom is 0.328 e. The highest BCUT2D eigenvalue weighted by atomic mass is 16.6. The number of nitrogens with one attached hydrogen (secondary N) is 1. The van der Waals surface area contributed by atoms with Crippen molar-refractivity contribution >= 4 is 29.2 Å². The number of carboxylic acids is 2. The minimum Gasteiger partial charge on any atom is -0.493 e. The Bertz CT molecular complexity index is 1020. The smallest absolute Gasteiger partial charge is 0.328 e. The average Bonchev–Trinajstić information content (AvgIpc) is 2.85. The van der Waals surface area contributed by atoms with E-state index in [2.05, 4.69) is 22.4 Å². The maximum atomic E-state index is 12.8. The number of allylic oxidation sites excluding steroid dienone is 2. The van der Waals surface area contributed by atoms with Crippen molar-refractivity contribution in [3.63, 3.8) is 0 Å². The summed E-state index contributed by atoms with van der Waals surface area (Å²) in [6.45, 7) is 5.14. The van der Waals surface area contributed by atoms with Crippen LogP contribution in [0, 0.1) is 16.0 Å². The van der Waals surface area contributed by atoms with Crippen LogP contribution in [0.15, 0.2) is 36.4 Å². The van der Waals surface area contributed by atoms with Gasteiger partial charge in [0.25, 0.3) is 11.6 Å². The molecule has 12 nitrogen and oxygen atoms in total. The first-order valence-corrected chi connectivity index (χ1v) is 12.1. The summed E-state index contributed by atoms with van der Waals surface area (Å²) in [6.07, 6.45) is 11.0. The first kappa shape index (κ1) is 29.3. The van der Waals surface area contributed by atoms with Gasteiger partial charge in [-0.1, -0.05) is 12.2 Å². The summed E-state index contributed by atoms with van der Waals surface area (Å²) in [6, 6.07) is 2.62. The molecule has 1 aromatic carbocycles. The van der Waals surface area contributed by atoms with E-state index in [1.807, 2.05) is 0 Å². The van der Waals surface area contributed by atoms with Crippen LogP contribution in [0.3, 0.4) is 0 Å². The number of piperidine rings is 1. The maximum absolute atomic E-state index is 12.8. The summed E-state index contributed by atoms with van der Waals surface area (Å²) in [5.74, 6) is -1.86. The van der Waals surface area contributed by atoms with Crippen molar-refractivity contribution < 1.29 is 34.3 Å². The summed E-state index contributed by atoms with van der Waals surface area (Å²) >= 11 is 0. The molecule has 1 aromatic rings. The zero-order chi connectivity index (χ0) is 27.4. The van der Waals surface area contributed by atoms with Crippen LogP contribution < -0.4 is 15.8 Å². The lowest BCUT2D eigenvalue weighted by atomic mass is 9.93. The van der Waals surface area contributed by atoms with Gasteiger partial charge in [0.2, 0.25) is 0 Å². The number of hydrogen-bond donors (Lipinski definition) is 4. The third-order valence-electron chi connectivity index (χ3n) is 6.06. The summed E-state index contributed by atoms with van der Waals surface area (Å²) in [5, 5.41) is 29.8. The van der Waals surface area contributed by atoms with Gasteiger partial charge < -0.3 is 30.9 Å². The van der Waals surface area contributed by atoms with Crippen LogP contribution in [0.5, 0.6) is 5.75 Å². The number of carboxylic acid groups (broad SMARTS) is 2. The van der Waals surface area contributed by atoms with Crippen LogP contribution in [0.2, 0.25) is 0 Å². The van der Waals surface area contributed by atoms with Gasteiger partial charge in [0.05, 0.1) is 17.1 Å². The van der Waals surface area contributed by atoms with Crippen LogP contribution in [-0.2, 0) is 9.59 Å². The Morgan fingerprint density at radius 1 is 1.16 bits per heavy atom. The second-order valence-electron chi connectivity index (χ2n) is 8.81. The van der Waals surface area contributed by atoms with Crippen molar-refractivity contribution in [1.29, 1.82) is 0 Å². The van der Waals surface area contributed by atoms with Crippen molar-refractivity contribution in [2.24, 2.45) is 5.92 Å². The molecule has 0 spiro atoms. The second-order valence-corrected chi connectivity index (χ2v) is 8.81. The van der Waals surface area contributed by atoms with E-state index in [0.717, 1.165) is 44.8 Å². The van der Waals surface area contributed by atoms with E-state index in [4.69, 9.17) is 20.7 Å². The van der Waals surface area contributed by atoms with Gasteiger partial charge in [-0.2, -0.15) is 0 Å². The molecule has 0 aromatic heterocycles. The predicted molar refractivity (Wildman–Crippen MR) is 136 cm³/mol. The molecular weight excluding hydrogens is 484 g/mol. The molecule has 1 fully saturated rings. The summed E-state index contributed by atoms with van der Waals surface area (Å²) in [4.78, 5) is 45.0. The molecule has 1 aliphatic carbocycles. The fourth-order valence-corrected chi connectivity index (χ4v) is 4.25. The zero-order valence-corrected chi connectivity index (χ0v) is 20.8. The van der Waals surface area contributed by atoms with E-state index in [1.54, 1.807) is 6.92 Å². The third-order valence-corrected chi connectivity index (χ3v) is 6.06. The largest absolute Gasteiger partial charge is 0.493 e. The quantitative estimate of drug-likeness (QED) is 0.124. The lowest BCUT2D eigenvalue weighted by Gasteiger charge is -2.35. The molecule has 1 aliphatic heterocycles. The first-order chi connectivity index (χ1) is 17.6. The molecule has 1 amide bonds. The van der Waals surface area contributed by atoms with Crippen LogP contribution in [0.25, 0.3) is 0 Å². The molecule has 5 N–H and O–H groups in total. The van der Waals surface area contributed by atoms with Crippen molar-refractivity contribution in [2.45, 2.75) is 45.1 Å². The van der Waals surface area contributed by atoms with Crippen molar-refractivity contribution in [2.75, 3.05) is 32.0 Å². The van der Waals surface area contributed by atoms with E-state index < -0.39 is 16.9 Å². The Morgan fingerprint density at radius 3 is 2.32 bits per heavy atom. The molecule has 1 atom stereocenters. The molecule has 3 rings (SSSR count). The fourth-order valence-electron chi connectivity index (χ4n) is 4.25. The van der Waals surface area contributed by atoms with Crippen LogP contribution >= 0.6 is 0 Å². The van der Waals surface area contributed by atoms with E-state index in [0.29, 0.717) is 18.8 Å². The topological polar surface area (TPSA) is 185 Å². The van der Waals surface area contributed by atoms with Gasteiger partial charge >= 0.3 is 11.9 Å². The van der Waals surface area contributed by atoms with Gasteiger partial charge in [-0.3, -0.25) is 14.9 Å². The molecule has 2 aliphatic rings. The molecule has 1 saturated heterocycles. The lowest BCUT2D eigenvalue weighted by Crippen LogP contribution is -2.45. The van der Waals surface area contributed by atoms with Crippen LogP contribution in [0.1, 0.15) is 49.4 Å². The molecule has 0 saturated carbocycles. The molecule has 202 valence electrons. The number of anilines is 1. The molecule has 12 heteroatoms. The lowest BCUT2D eigenvalue weighted by molar-refractivity contribution is -0.383. The van der Waals surface area contributed by atoms with Gasteiger partial charge in [-0.15, -0.1) is 0 Å². The minimum absolute atomic E-state index is 0.0131. The number of benzene rings is 1. The number of amides is 1. The summed E-state index contributed by atoms with van der Waals surface area (Å²) in [5.41, 5.74) is 5.60. The molecule has 1 heterocycles. The zero-order valence-electron chi connectivity index (χ0n) is 20.8. The Morgan fingerprint density at radius 2 is 1.81 bits per heavy atom. The highest BCUT2D eigenvalue weighted by molar-refractivity contribution is 5.98. The van der Waals surface area contributed by atoms with Gasteiger partial charge in [0.15, 0.2) is 0 Å². The molecule has 1 unspecified atom stereocenters. The Hall–Kier alpha value is -3.93. The predicted octanol–water partition coefficient (Wildman–Crippen LogP) is 2.84. The van der Waals surface area contributed by atoms with Crippen LogP contribution in [0.4, 0.5) is 11.4 Å². The fraction of sp³-hybridized carbons (Fsp3) is 0.480. The molecule has 37 heavy (non-hydrogen) atoms. The number of nitrogens with zero attached hydrogens (tertiary/aromatic N) is 2. The van der Waals surface area contributed by atoms with Gasteiger partial charge in [0, 0.05) is 50.0 Å². The van der Waals surface area contributed by atoms with E-state index in [1.165, 1.54) is 25.0 Å². The summed E-state index contributed by atoms with van der Waals surface area (Å²) in [7, 11) is 0. The number of likely N-dealkylation sites (tertiary alicyclic amines) is 1. The first-order valence-electron chi connectivity index (χ1n) is 12.1. The number of nitrogens with two attached hydrogens (primary N) is 1. The SMILES string of the molecule is CCOc1cc(N)c([N+](=O)[O-])cc1C(=O)NC1CCN(CC2CC=CCC2)CC1.O=C(O)/C=C\C(=O)O. The highest BCUT2D eigenvalue weighted by Gasteiger charge is 2.26. The van der Waals surface area contributed by atoms with Crippen LogP contribution in [-0.4, -0.2) is 70.2 Å². The van der Waals surface area contributed by atoms with E-state index in [-0.39, 0.29) is 34.6 Å². The number of nitro groups is 1. The molecule has 0 bridgehead atoms. The Labute approximate surface area is 214 Å². The number of rotatable bonds is 9. The standard InChI is InChI=1S/C21H30N4O4.C4H4O4/c1-2-29-20-13-18(22)19(25(27)28)12-17(20)21(26)23-16-8-10-24(11-9-16)14-15-6-4-3-5-7-15;5-3(6)1-2-4(7)8/h3-4,12-13,15-16H,2,5-11,14,22H2,1H3,(H,23,26);1-2H,(H,5,6)(H,7,8)/b;2-1-. The minimum atomic E-state index is -1.26. The number of carbonyl (C=O) groups excluding carboxylic acids is 1. The number of hydrogen-bond acceptors (Lipinski definition) is 8. The van der Waals surface area contributed by atoms with E-state index >= 15 is 0 Å². The molecular formula is C25H34N4O8.